The van der Waals surface area contributed by atoms with Crippen molar-refractivity contribution < 1.29 is 13.3 Å². The van der Waals surface area contributed by atoms with E-state index in [2.05, 4.69) is 19.2 Å². The first-order valence-electron chi connectivity index (χ1n) is 13.0. The molecule has 0 saturated carbocycles. The maximum absolute atomic E-state index is 5.56. The standard InChI is InChI=1S/C25H55NO3Si/c1-6-7-8-9-10-11-12-13-14-15-16-17-18-19-20-21-23-26-24-22-25(2)30(27-3,28-4)29-5/h25-26H,6-24H2,1-5H3. The lowest BCUT2D eigenvalue weighted by Gasteiger charge is -2.30. The molecule has 0 amide bonds. The lowest BCUT2D eigenvalue weighted by molar-refractivity contribution is 0.112. The molecule has 0 aromatic heterocycles. The van der Waals surface area contributed by atoms with E-state index in [0.29, 0.717) is 5.54 Å². The number of rotatable bonds is 24. The van der Waals surface area contributed by atoms with Gasteiger partial charge in [-0.05, 0) is 25.9 Å². The van der Waals surface area contributed by atoms with Crippen LogP contribution < -0.4 is 5.32 Å². The molecule has 4 nitrogen and oxygen atoms in total. The van der Waals surface area contributed by atoms with Gasteiger partial charge < -0.3 is 18.6 Å². The van der Waals surface area contributed by atoms with Gasteiger partial charge in [0.25, 0.3) is 0 Å². The maximum Gasteiger partial charge on any atom is 0.503 e. The summed E-state index contributed by atoms with van der Waals surface area (Å²) in [6, 6.07) is 0. The van der Waals surface area contributed by atoms with Crippen LogP contribution >= 0.6 is 0 Å². The lowest BCUT2D eigenvalue weighted by Crippen LogP contribution is -2.47. The Bertz CT molecular complexity index is 332. The maximum atomic E-state index is 5.56. The Kier molecular flexibility index (Phi) is 22.3. The minimum absolute atomic E-state index is 0.316. The lowest BCUT2D eigenvalue weighted by atomic mass is 10.0. The van der Waals surface area contributed by atoms with Gasteiger partial charge in [-0.3, -0.25) is 0 Å². The van der Waals surface area contributed by atoms with E-state index in [-0.39, 0.29) is 0 Å². The Morgan fingerprint density at radius 3 is 1.30 bits per heavy atom. The molecule has 0 saturated heterocycles. The average Bonchev–Trinajstić information content (AvgIpc) is 2.77. The summed E-state index contributed by atoms with van der Waals surface area (Å²) in [6.45, 7) is 6.58. The zero-order valence-electron chi connectivity index (χ0n) is 21.2. The third kappa shape index (κ3) is 15.8. The third-order valence-corrected chi connectivity index (χ3v) is 9.62. The highest BCUT2D eigenvalue weighted by Gasteiger charge is 2.43. The molecule has 0 rings (SSSR count). The monoisotopic (exact) mass is 445 g/mol. The van der Waals surface area contributed by atoms with Gasteiger partial charge in [-0.2, -0.15) is 0 Å². The Morgan fingerprint density at radius 1 is 0.567 bits per heavy atom. The highest BCUT2D eigenvalue weighted by molar-refractivity contribution is 6.62. The van der Waals surface area contributed by atoms with Gasteiger partial charge in [-0.1, -0.05) is 110 Å². The van der Waals surface area contributed by atoms with E-state index in [1.54, 1.807) is 21.3 Å². The number of hydrogen-bond donors (Lipinski definition) is 1. The summed E-state index contributed by atoms with van der Waals surface area (Å²) in [4.78, 5) is 0. The molecule has 1 N–H and O–H groups in total. The molecule has 1 atom stereocenters. The first-order valence-corrected chi connectivity index (χ1v) is 14.8. The molecule has 30 heavy (non-hydrogen) atoms. The van der Waals surface area contributed by atoms with E-state index in [9.17, 15) is 0 Å². The summed E-state index contributed by atoms with van der Waals surface area (Å²) in [6.07, 6.45) is 23.8. The van der Waals surface area contributed by atoms with E-state index < -0.39 is 8.80 Å². The van der Waals surface area contributed by atoms with E-state index in [1.807, 2.05) is 0 Å². The van der Waals surface area contributed by atoms with Crippen LogP contribution in [0.4, 0.5) is 0 Å². The molecule has 0 fully saturated rings. The predicted molar refractivity (Wildman–Crippen MR) is 133 cm³/mol. The van der Waals surface area contributed by atoms with Gasteiger partial charge in [0, 0.05) is 26.9 Å². The molecule has 0 spiro atoms. The van der Waals surface area contributed by atoms with Gasteiger partial charge in [0.2, 0.25) is 0 Å². The zero-order valence-corrected chi connectivity index (χ0v) is 22.2. The van der Waals surface area contributed by atoms with Crippen molar-refractivity contribution in [2.24, 2.45) is 0 Å². The minimum Gasteiger partial charge on any atom is -0.377 e. The predicted octanol–water partition coefficient (Wildman–Crippen LogP) is 7.50. The molecule has 0 aromatic carbocycles. The van der Waals surface area contributed by atoms with Crippen molar-refractivity contribution in [1.29, 1.82) is 0 Å². The zero-order chi connectivity index (χ0) is 22.3. The van der Waals surface area contributed by atoms with Gasteiger partial charge in [-0.15, -0.1) is 0 Å². The van der Waals surface area contributed by atoms with Crippen molar-refractivity contribution in [3.8, 4) is 0 Å². The Hall–Kier alpha value is 0.0569. The largest absolute Gasteiger partial charge is 0.503 e. The topological polar surface area (TPSA) is 39.7 Å². The van der Waals surface area contributed by atoms with Gasteiger partial charge in [-0.25, -0.2) is 0 Å². The third-order valence-electron chi connectivity index (χ3n) is 6.42. The van der Waals surface area contributed by atoms with E-state index in [0.717, 1.165) is 19.5 Å². The van der Waals surface area contributed by atoms with Gasteiger partial charge >= 0.3 is 8.80 Å². The summed E-state index contributed by atoms with van der Waals surface area (Å²) < 4.78 is 16.7. The van der Waals surface area contributed by atoms with Crippen molar-refractivity contribution in [3.63, 3.8) is 0 Å². The quantitative estimate of drug-likeness (QED) is 0.123. The second-order valence-corrected chi connectivity index (χ2v) is 12.4. The molecule has 0 aromatic rings. The molecule has 5 heteroatoms. The Morgan fingerprint density at radius 2 is 0.933 bits per heavy atom. The minimum atomic E-state index is -2.47. The van der Waals surface area contributed by atoms with Crippen LogP contribution in [-0.2, 0) is 13.3 Å². The van der Waals surface area contributed by atoms with E-state index in [4.69, 9.17) is 13.3 Å². The summed E-state index contributed by atoms with van der Waals surface area (Å²) in [5, 5.41) is 3.57. The molecular weight excluding hydrogens is 390 g/mol. The molecule has 182 valence electrons. The molecule has 1 unspecified atom stereocenters. The number of nitrogens with one attached hydrogen (secondary N) is 1. The van der Waals surface area contributed by atoms with Crippen LogP contribution in [0.1, 0.15) is 123 Å². The fourth-order valence-electron chi connectivity index (χ4n) is 4.27. The number of hydrogen-bond acceptors (Lipinski definition) is 4. The molecular formula is C25H55NO3Si. The van der Waals surface area contributed by atoms with Crippen LogP contribution in [0.3, 0.4) is 0 Å². The van der Waals surface area contributed by atoms with Crippen LogP contribution in [-0.4, -0.2) is 43.2 Å². The summed E-state index contributed by atoms with van der Waals surface area (Å²) in [7, 11) is 2.61. The fraction of sp³-hybridized carbons (Fsp3) is 1.00. The smallest absolute Gasteiger partial charge is 0.377 e. The summed E-state index contributed by atoms with van der Waals surface area (Å²) in [5.41, 5.74) is 0.316. The van der Waals surface area contributed by atoms with Crippen molar-refractivity contribution in [2.45, 2.75) is 129 Å². The van der Waals surface area contributed by atoms with Gasteiger partial charge in [0.05, 0.1) is 0 Å². The van der Waals surface area contributed by atoms with Crippen LogP contribution in [0, 0.1) is 0 Å². The van der Waals surface area contributed by atoms with Crippen molar-refractivity contribution in [1.82, 2.24) is 5.32 Å². The summed E-state index contributed by atoms with van der Waals surface area (Å²) >= 11 is 0. The van der Waals surface area contributed by atoms with Gasteiger partial charge in [0.1, 0.15) is 0 Å². The molecule has 0 bridgehead atoms. The van der Waals surface area contributed by atoms with Crippen LogP contribution in [0.15, 0.2) is 0 Å². The van der Waals surface area contributed by atoms with Crippen LogP contribution in [0.2, 0.25) is 5.54 Å². The van der Waals surface area contributed by atoms with Gasteiger partial charge in [0.15, 0.2) is 0 Å². The van der Waals surface area contributed by atoms with E-state index in [1.165, 1.54) is 103 Å². The normalized spacial score (nSPS) is 13.1. The molecule has 0 radical (unpaired) electrons. The Balaban J connectivity index is 3.28. The Labute approximate surface area is 190 Å². The second-order valence-electron chi connectivity index (χ2n) is 8.96. The SMILES string of the molecule is CCCCCCCCCCCCCCCCCCNCCC(C)[Si](OC)(OC)OC. The van der Waals surface area contributed by atoms with Crippen molar-refractivity contribution >= 4 is 8.80 Å². The van der Waals surface area contributed by atoms with Crippen LogP contribution in [0.25, 0.3) is 0 Å². The molecule has 0 aliphatic heterocycles. The molecule has 0 aliphatic carbocycles. The molecule has 0 aliphatic rings. The summed E-state index contributed by atoms with van der Waals surface area (Å²) in [5.74, 6) is 0. The fourth-order valence-corrected chi connectivity index (χ4v) is 6.48. The van der Waals surface area contributed by atoms with E-state index >= 15 is 0 Å². The average molecular weight is 446 g/mol. The number of unbranched alkanes of at least 4 members (excludes halogenated alkanes) is 15. The van der Waals surface area contributed by atoms with Crippen LogP contribution in [0.5, 0.6) is 0 Å². The first kappa shape index (κ1) is 30.1. The second kappa shape index (κ2) is 22.3. The first-order chi connectivity index (χ1) is 14.7. The van der Waals surface area contributed by atoms with Crippen molar-refractivity contribution in [2.75, 3.05) is 34.4 Å². The highest BCUT2D eigenvalue weighted by Crippen LogP contribution is 2.26. The highest BCUT2D eigenvalue weighted by atomic mass is 28.4. The molecule has 0 heterocycles. The van der Waals surface area contributed by atoms with Crippen molar-refractivity contribution in [3.05, 3.63) is 0 Å².